The summed E-state index contributed by atoms with van der Waals surface area (Å²) in [6.07, 6.45) is 9.04. The lowest BCUT2D eigenvalue weighted by Crippen LogP contribution is -2.53. The van der Waals surface area contributed by atoms with Gasteiger partial charge in [0.05, 0.1) is 12.2 Å². The van der Waals surface area contributed by atoms with Crippen LogP contribution in [0.5, 0.6) is 0 Å². The largest absolute Gasteiger partial charge is 0.370 e. The van der Waals surface area contributed by atoms with E-state index in [-0.39, 0.29) is 11.5 Å². The topological polar surface area (TPSA) is 34.5 Å². The molecule has 3 heterocycles. The second-order valence-corrected chi connectivity index (χ2v) is 7.10. The summed E-state index contributed by atoms with van der Waals surface area (Å²) in [4.78, 5) is 14.9. The van der Waals surface area contributed by atoms with Gasteiger partial charge in [0.2, 0.25) is 5.91 Å². The highest BCUT2D eigenvalue weighted by molar-refractivity contribution is 5.84. The smallest absolute Gasteiger partial charge is 0.248 e. The summed E-state index contributed by atoms with van der Waals surface area (Å²) in [6.45, 7) is 8.50. The van der Waals surface area contributed by atoms with Crippen LogP contribution in [0.15, 0.2) is 36.2 Å². The maximum absolute atomic E-state index is 12.9. The molecule has 0 unspecified atom stereocenters. The summed E-state index contributed by atoms with van der Waals surface area (Å²) < 4.78 is 8.03. The lowest BCUT2D eigenvalue weighted by molar-refractivity contribution is -0.144. The van der Waals surface area contributed by atoms with Crippen LogP contribution in [0.1, 0.15) is 40.0 Å². The molecule has 1 amide bonds. The number of hydrogen-bond donors (Lipinski definition) is 0. The first kappa shape index (κ1) is 15.3. The molecule has 0 saturated carbocycles. The Hall–Kier alpha value is -1.55. The number of rotatable bonds is 2. The Bertz CT molecular complexity index is 564. The Kier molecular flexibility index (Phi) is 3.89. The van der Waals surface area contributed by atoms with Crippen LogP contribution < -0.4 is 0 Å². The normalized spacial score (nSPS) is 21.8. The predicted molar refractivity (Wildman–Crippen MR) is 86.6 cm³/mol. The van der Waals surface area contributed by atoms with Gasteiger partial charge in [-0.3, -0.25) is 4.79 Å². The van der Waals surface area contributed by atoms with E-state index in [2.05, 4.69) is 13.0 Å². The third-order valence-electron chi connectivity index (χ3n) is 5.07. The fourth-order valence-electron chi connectivity index (χ4n) is 3.56. The van der Waals surface area contributed by atoms with Crippen LogP contribution in [0.4, 0.5) is 0 Å². The molecule has 0 N–H and O–H groups in total. The average molecular weight is 302 g/mol. The number of amides is 1. The van der Waals surface area contributed by atoms with Crippen molar-refractivity contribution < 1.29 is 9.53 Å². The molecule has 1 saturated heterocycles. The summed E-state index contributed by atoms with van der Waals surface area (Å²) >= 11 is 0. The predicted octanol–water partition coefficient (Wildman–Crippen LogP) is 2.95. The molecule has 1 aromatic heterocycles. The van der Waals surface area contributed by atoms with Crippen molar-refractivity contribution in [2.45, 2.75) is 51.2 Å². The maximum atomic E-state index is 12.9. The zero-order chi connectivity index (χ0) is 15.8. The van der Waals surface area contributed by atoms with Crippen LogP contribution in [0.2, 0.25) is 0 Å². The fraction of sp³-hybridized carbons (Fsp3) is 0.611. The molecule has 1 aromatic rings. The minimum Gasteiger partial charge on any atom is -0.370 e. The Morgan fingerprint density at radius 2 is 1.86 bits per heavy atom. The van der Waals surface area contributed by atoms with Crippen molar-refractivity contribution >= 4 is 5.91 Å². The maximum Gasteiger partial charge on any atom is 0.248 e. The van der Waals surface area contributed by atoms with Crippen LogP contribution in [-0.4, -0.2) is 40.7 Å². The van der Waals surface area contributed by atoms with E-state index in [1.54, 1.807) is 0 Å². The van der Waals surface area contributed by atoms with Crippen LogP contribution in [0.3, 0.4) is 0 Å². The number of hydrogen-bond acceptors (Lipinski definition) is 2. The van der Waals surface area contributed by atoms with Gasteiger partial charge in [-0.15, -0.1) is 0 Å². The molecule has 4 heteroatoms. The fourth-order valence-corrected chi connectivity index (χ4v) is 3.56. The molecule has 1 fully saturated rings. The van der Waals surface area contributed by atoms with Crippen molar-refractivity contribution in [2.24, 2.45) is 0 Å². The number of piperidine rings is 1. The second-order valence-electron chi connectivity index (χ2n) is 7.10. The van der Waals surface area contributed by atoms with E-state index in [0.29, 0.717) is 0 Å². The number of likely N-dealkylation sites (tertiary alicyclic amines) is 1. The molecule has 4 nitrogen and oxygen atoms in total. The number of aromatic nitrogens is 1. The second kappa shape index (κ2) is 5.58. The highest BCUT2D eigenvalue weighted by Crippen LogP contribution is 2.34. The van der Waals surface area contributed by atoms with Crippen molar-refractivity contribution in [3.8, 4) is 0 Å². The molecule has 1 spiro atoms. The molecule has 0 bridgehead atoms. The number of ether oxygens (including phenoxy) is 1. The standard InChI is InChI=1S/C18H26N2O2/c1-15-6-13-22-18(14-15)7-11-19(12-8-18)16(21)17(2,3)20-9-4-5-10-20/h4-5,9-10,14H,6-8,11-13H2,1-3H3. The summed E-state index contributed by atoms with van der Waals surface area (Å²) in [6, 6.07) is 3.92. The van der Waals surface area contributed by atoms with Gasteiger partial charge in [-0.2, -0.15) is 0 Å². The van der Waals surface area contributed by atoms with Crippen molar-refractivity contribution in [3.05, 3.63) is 36.2 Å². The quantitative estimate of drug-likeness (QED) is 0.787. The van der Waals surface area contributed by atoms with Crippen molar-refractivity contribution in [1.82, 2.24) is 9.47 Å². The van der Waals surface area contributed by atoms with Gasteiger partial charge in [0.25, 0.3) is 0 Å². The van der Waals surface area contributed by atoms with Gasteiger partial charge in [-0.25, -0.2) is 0 Å². The van der Waals surface area contributed by atoms with Gasteiger partial charge in [0.15, 0.2) is 0 Å². The zero-order valence-corrected chi connectivity index (χ0v) is 13.8. The summed E-state index contributed by atoms with van der Waals surface area (Å²) in [7, 11) is 0. The van der Waals surface area contributed by atoms with Crippen LogP contribution >= 0.6 is 0 Å². The highest BCUT2D eigenvalue weighted by Gasteiger charge is 2.40. The Morgan fingerprint density at radius 1 is 1.23 bits per heavy atom. The molecule has 3 rings (SSSR count). The van der Waals surface area contributed by atoms with E-state index in [1.165, 1.54) is 5.57 Å². The molecule has 0 radical (unpaired) electrons. The summed E-state index contributed by atoms with van der Waals surface area (Å²) in [5.74, 6) is 0.190. The number of carbonyl (C=O) groups excluding carboxylic acids is 1. The van der Waals surface area contributed by atoms with Crippen LogP contribution in [0.25, 0.3) is 0 Å². The minimum atomic E-state index is -0.535. The van der Waals surface area contributed by atoms with E-state index < -0.39 is 5.54 Å². The van der Waals surface area contributed by atoms with E-state index in [9.17, 15) is 4.79 Å². The first-order chi connectivity index (χ1) is 10.4. The van der Waals surface area contributed by atoms with Gasteiger partial charge >= 0.3 is 0 Å². The van der Waals surface area contributed by atoms with E-state index in [0.717, 1.165) is 39.0 Å². The van der Waals surface area contributed by atoms with Crippen molar-refractivity contribution in [2.75, 3.05) is 19.7 Å². The summed E-state index contributed by atoms with van der Waals surface area (Å²) in [5.41, 5.74) is 0.753. The monoisotopic (exact) mass is 302 g/mol. The zero-order valence-electron chi connectivity index (χ0n) is 13.8. The van der Waals surface area contributed by atoms with Gasteiger partial charge in [-0.05, 0) is 52.2 Å². The van der Waals surface area contributed by atoms with Gasteiger partial charge in [-0.1, -0.05) is 11.6 Å². The van der Waals surface area contributed by atoms with Gasteiger partial charge in [0.1, 0.15) is 5.54 Å². The lowest BCUT2D eigenvalue weighted by Gasteiger charge is -2.44. The third-order valence-corrected chi connectivity index (χ3v) is 5.07. The van der Waals surface area contributed by atoms with Crippen molar-refractivity contribution in [1.29, 1.82) is 0 Å². The molecular formula is C18H26N2O2. The molecule has 120 valence electrons. The van der Waals surface area contributed by atoms with Gasteiger partial charge in [0, 0.05) is 25.5 Å². The lowest BCUT2D eigenvalue weighted by atomic mass is 9.86. The average Bonchev–Trinajstić information content (AvgIpc) is 3.02. The van der Waals surface area contributed by atoms with Gasteiger partial charge < -0.3 is 14.2 Å². The van der Waals surface area contributed by atoms with E-state index in [1.807, 2.05) is 47.8 Å². The Morgan fingerprint density at radius 3 is 2.45 bits per heavy atom. The third kappa shape index (κ3) is 2.72. The molecule has 0 aromatic carbocycles. The van der Waals surface area contributed by atoms with E-state index >= 15 is 0 Å². The summed E-state index contributed by atoms with van der Waals surface area (Å²) in [5, 5.41) is 0. The molecule has 0 atom stereocenters. The highest BCUT2D eigenvalue weighted by atomic mass is 16.5. The number of carbonyl (C=O) groups is 1. The molecular weight excluding hydrogens is 276 g/mol. The molecule has 0 aliphatic carbocycles. The van der Waals surface area contributed by atoms with Crippen LogP contribution in [0, 0.1) is 0 Å². The first-order valence-corrected chi connectivity index (χ1v) is 8.18. The Balaban J connectivity index is 1.69. The van der Waals surface area contributed by atoms with E-state index in [4.69, 9.17) is 4.74 Å². The molecule has 2 aliphatic heterocycles. The Labute approximate surface area is 132 Å². The number of nitrogens with zero attached hydrogens (tertiary/aromatic N) is 2. The van der Waals surface area contributed by atoms with Crippen molar-refractivity contribution in [3.63, 3.8) is 0 Å². The van der Waals surface area contributed by atoms with Crippen LogP contribution in [-0.2, 0) is 15.1 Å². The minimum absolute atomic E-state index is 0.128. The molecule has 22 heavy (non-hydrogen) atoms. The molecule has 2 aliphatic rings. The first-order valence-electron chi connectivity index (χ1n) is 8.18. The SMILES string of the molecule is CC1=CC2(CCN(C(=O)C(C)(C)n3cccc3)CC2)OCC1.